The number of hydrogen-bond donors (Lipinski definition) is 3. The molecule has 4 N–H and O–H groups in total. The molecule has 0 atom stereocenters. The minimum atomic E-state index is -3.52. The summed E-state index contributed by atoms with van der Waals surface area (Å²) >= 11 is 0. The van der Waals surface area contributed by atoms with E-state index in [1.165, 1.54) is 0 Å². The smallest absolute Gasteiger partial charge is 0.257 e. The number of nitrogens with zero attached hydrogens (tertiary/aromatic N) is 1. The number of nitrogens with two attached hydrogens (primary N) is 1. The lowest BCUT2D eigenvalue weighted by Gasteiger charge is -2.25. The number of hydrazine groups is 2. The summed E-state index contributed by atoms with van der Waals surface area (Å²) in [6, 6.07) is 0. The van der Waals surface area contributed by atoms with Crippen molar-refractivity contribution in [3.63, 3.8) is 0 Å². The maximum absolute atomic E-state index is 10.9. The van der Waals surface area contributed by atoms with Crippen LogP contribution in [-0.4, -0.2) is 26.5 Å². The highest BCUT2D eigenvalue weighted by atomic mass is 32.2. The Morgan fingerprint density at radius 1 is 1.17 bits per heavy atom. The van der Waals surface area contributed by atoms with Crippen LogP contribution < -0.4 is 15.5 Å². The zero-order chi connectivity index (χ0) is 9.03. The number of hydrogen-bond acceptors (Lipinski definition) is 4. The van der Waals surface area contributed by atoms with Gasteiger partial charge in [-0.25, -0.2) is 5.01 Å². The molecule has 0 aromatic rings. The van der Waals surface area contributed by atoms with Gasteiger partial charge in [0.25, 0.3) is 0 Å². The molecule has 0 aromatic carbocycles. The van der Waals surface area contributed by atoms with Crippen molar-refractivity contribution < 1.29 is 8.42 Å². The summed E-state index contributed by atoms with van der Waals surface area (Å²) in [7, 11) is -3.52. The van der Waals surface area contributed by atoms with E-state index in [-0.39, 0.29) is 0 Å². The molecule has 72 valence electrons. The average Bonchev–Trinajstić information content (AvgIpc) is 2.06. The van der Waals surface area contributed by atoms with E-state index in [0.29, 0.717) is 0 Å². The van der Waals surface area contributed by atoms with Gasteiger partial charge in [-0.15, -0.1) is 9.66 Å². The predicted octanol–water partition coefficient (Wildman–Crippen LogP) is -1.31. The monoisotopic (exact) mass is 194 g/mol. The van der Waals surface area contributed by atoms with E-state index in [9.17, 15) is 8.42 Å². The van der Waals surface area contributed by atoms with Gasteiger partial charge in [0.2, 0.25) is 0 Å². The van der Waals surface area contributed by atoms with E-state index >= 15 is 0 Å². The molecular weight excluding hydrogens is 180 g/mol. The fraction of sp³-hybridized carbons (Fsp3) is 1.00. The van der Waals surface area contributed by atoms with Gasteiger partial charge in [0, 0.05) is 13.1 Å². The second kappa shape index (κ2) is 4.15. The molecule has 0 unspecified atom stereocenters. The largest absolute Gasteiger partial charge is 0.302 e. The molecule has 1 fully saturated rings. The Hall–Kier alpha value is -0.210. The third kappa shape index (κ3) is 3.03. The summed E-state index contributed by atoms with van der Waals surface area (Å²) in [6.07, 6.45) is 3.20. The Bertz CT molecular complexity index is 222. The molecule has 12 heavy (non-hydrogen) atoms. The van der Waals surface area contributed by atoms with Crippen LogP contribution >= 0.6 is 0 Å². The van der Waals surface area contributed by atoms with Crippen LogP contribution in [0, 0.1) is 0 Å². The quantitative estimate of drug-likeness (QED) is 0.384. The second-order valence-corrected chi connectivity index (χ2v) is 4.19. The number of rotatable bonds is 3. The van der Waals surface area contributed by atoms with E-state index in [1.807, 2.05) is 0 Å². The molecule has 1 rings (SSSR count). The van der Waals surface area contributed by atoms with Crippen LogP contribution in [0.1, 0.15) is 19.3 Å². The van der Waals surface area contributed by atoms with Gasteiger partial charge in [0.1, 0.15) is 0 Å². The van der Waals surface area contributed by atoms with Gasteiger partial charge in [0.05, 0.1) is 0 Å². The number of nitrogens with one attached hydrogen (secondary N) is 2. The average molecular weight is 194 g/mol. The molecule has 0 bridgehead atoms. The highest BCUT2D eigenvalue weighted by Gasteiger charge is 2.15. The molecule has 1 heterocycles. The lowest BCUT2D eigenvalue weighted by Crippen LogP contribution is -2.51. The predicted molar refractivity (Wildman–Crippen MR) is 44.8 cm³/mol. The summed E-state index contributed by atoms with van der Waals surface area (Å²) in [4.78, 5) is 4.02. The molecule has 0 saturated carbocycles. The van der Waals surface area contributed by atoms with Crippen LogP contribution in [0.5, 0.6) is 0 Å². The Kier molecular flexibility index (Phi) is 3.41. The summed E-state index contributed by atoms with van der Waals surface area (Å²) in [5, 5.41) is 1.65. The Balaban J connectivity index is 2.39. The highest BCUT2D eigenvalue weighted by molar-refractivity contribution is 7.87. The fourth-order valence-electron chi connectivity index (χ4n) is 1.18. The van der Waals surface area contributed by atoms with E-state index in [1.54, 1.807) is 9.84 Å². The first-order valence-corrected chi connectivity index (χ1v) is 5.37. The number of piperidine rings is 1. The Labute approximate surface area is 72.2 Å². The molecule has 7 heteroatoms. The van der Waals surface area contributed by atoms with Crippen molar-refractivity contribution in [2.75, 3.05) is 13.1 Å². The van der Waals surface area contributed by atoms with Crippen molar-refractivity contribution >= 4 is 10.2 Å². The van der Waals surface area contributed by atoms with Gasteiger partial charge in [-0.1, -0.05) is 6.42 Å². The molecule has 6 nitrogen and oxygen atoms in total. The normalized spacial score (nSPS) is 21.1. The zero-order valence-electron chi connectivity index (χ0n) is 6.78. The Morgan fingerprint density at radius 2 is 1.75 bits per heavy atom. The molecule has 0 spiro atoms. The molecule has 1 aliphatic heterocycles. The lowest BCUT2D eigenvalue weighted by atomic mass is 10.2. The lowest BCUT2D eigenvalue weighted by molar-refractivity contribution is 0.199. The van der Waals surface area contributed by atoms with Crippen molar-refractivity contribution in [1.29, 1.82) is 0 Å². The van der Waals surface area contributed by atoms with Crippen molar-refractivity contribution in [3.05, 3.63) is 0 Å². The first kappa shape index (κ1) is 9.87. The summed E-state index contributed by atoms with van der Waals surface area (Å²) in [5.41, 5.74) is 0. The van der Waals surface area contributed by atoms with E-state index < -0.39 is 10.2 Å². The van der Waals surface area contributed by atoms with Crippen LogP contribution in [0.3, 0.4) is 0 Å². The maximum Gasteiger partial charge on any atom is 0.302 e. The standard InChI is InChI=1S/C5H14N4O2S/c6-7-12(10,11)8-9-4-2-1-3-5-9/h7-8H,1-6H2. The Morgan fingerprint density at radius 3 is 2.25 bits per heavy atom. The highest BCUT2D eigenvalue weighted by Crippen LogP contribution is 2.05. The van der Waals surface area contributed by atoms with Gasteiger partial charge in [-0.05, 0) is 12.8 Å². The van der Waals surface area contributed by atoms with Crippen LogP contribution in [0.15, 0.2) is 0 Å². The second-order valence-electron chi connectivity index (χ2n) is 2.76. The SMILES string of the molecule is NNS(=O)(=O)NN1CCCCC1. The summed E-state index contributed by atoms with van der Waals surface area (Å²) in [5.74, 6) is 4.80. The van der Waals surface area contributed by atoms with Gasteiger partial charge in [-0.3, -0.25) is 5.84 Å². The summed E-state index contributed by atoms with van der Waals surface area (Å²) in [6.45, 7) is 1.50. The van der Waals surface area contributed by atoms with Crippen LogP contribution in [-0.2, 0) is 10.2 Å². The van der Waals surface area contributed by atoms with Crippen molar-refractivity contribution in [1.82, 2.24) is 14.7 Å². The van der Waals surface area contributed by atoms with Gasteiger partial charge in [-0.2, -0.15) is 8.42 Å². The molecule has 0 amide bonds. The van der Waals surface area contributed by atoms with Crippen LogP contribution in [0.25, 0.3) is 0 Å². The van der Waals surface area contributed by atoms with E-state index in [0.717, 1.165) is 32.4 Å². The third-order valence-electron chi connectivity index (χ3n) is 1.76. The van der Waals surface area contributed by atoms with E-state index in [2.05, 4.69) is 4.83 Å². The van der Waals surface area contributed by atoms with Crippen molar-refractivity contribution in [2.24, 2.45) is 5.84 Å². The van der Waals surface area contributed by atoms with Gasteiger partial charge in [0.15, 0.2) is 0 Å². The first-order chi connectivity index (χ1) is 5.64. The molecule has 1 saturated heterocycles. The maximum atomic E-state index is 10.9. The third-order valence-corrected chi connectivity index (χ3v) is 2.57. The van der Waals surface area contributed by atoms with Gasteiger partial charge >= 0.3 is 10.2 Å². The van der Waals surface area contributed by atoms with Crippen molar-refractivity contribution in [3.8, 4) is 0 Å². The first-order valence-electron chi connectivity index (χ1n) is 3.89. The van der Waals surface area contributed by atoms with E-state index in [4.69, 9.17) is 5.84 Å². The molecular formula is C5H14N4O2S. The molecule has 0 aliphatic carbocycles. The van der Waals surface area contributed by atoms with Gasteiger partial charge < -0.3 is 0 Å². The minimum absolute atomic E-state index is 0.751. The fourth-order valence-corrected chi connectivity index (χ4v) is 1.76. The summed E-state index contributed by atoms with van der Waals surface area (Å²) < 4.78 is 21.8. The van der Waals surface area contributed by atoms with Crippen molar-refractivity contribution in [2.45, 2.75) is 19.3 Å². The topological polar surface area (TPSA) is 87.5 Å². The molecule has 1 aliphatic rings. The minimum Gasteiger partial charge on any atom is -0.257 e. The molecule has 0 radical (unpaired) electrons. The zero-order valence-corrected chi connectivity index (χ0v) is 7.60. The van der Waals surface area contributed by atoms with Crippen LogP contribution in [0.2, 0.25) is 0 Å². The molecule has 0 aromatic heterocycles. The van der Waals surface area contributed by atoms with Crippen LogP contribution in [0.4, 0.5) is 0 Å².